The van der Waals surface area contributed by atoms with Gasteiger partial charge in [-0.2, -0.15) is 0 Å². The molecular formula is C25H33N3O2. The second-order valence-corrected chi connectivity index (χ2v) is 7.98. The molecule has 0 bridgehead atoms. The first-order chi connectivity index (χ1) is 14.7. The highest BCUT2D eigenvalue weighted by molar-refractivity contribution is 5.88. The van der Waals surface area contributed by atoms with Crippen LogP contribution in [0.4, 0.5) is 0 Å². The Kier molecular flexibility index (Phi) is 8.45. The fourth-order valence-electron chi connectivity index (χ4n) is 4.00. The molecule has 1 aliphatic rings. The molecule has 0 aromatic heterocycles. The van der Waals surface area contributed by atoms with Crippen molar-refractivity contribution >= 4 is 11.8 Å². The Morgan fingerprint density at radius 2 is 1.67 bits per heavy atom. The van der Waals surface area contributed by atoms with E-state index >= 15 is 0 Å². The molecule has 0 aliphatic carbocycles. The summed E-state index contributed by atoms with van der Waals surface area (Å²) in [6, 6.07) is 18.0. The van der Waals surface area contributed by atoms with Crippen molar-refractivity contribution in [2.75, 3.05) is 19.6 Å². The monoisotopic (exact) mass is 407 g/mol. The molecule has 3 rings (SSSR count). The zero-order valence-corrected chi connectivity index (χ0v) is 17.7. The van der Waals surface area contributed by atoms with Gasteiger partial charge in [-0.05, 0) is 55.3 Å². The molecule has 3 N–H and O–H groups in total. The summed E-state index contributed by atoms with van der Waals surface area (Å²) in [6.45, 7) is 2.00. The van der Waals surface area contributed by atoms with Gasteiger partial charge in [0.05, 0.1) is 6.42 Å². The first-order valence-corrected chi connectivity index (χ1v) is 11.1. The minimum Gasteiger partial charge on any atom is -0.354 e. The van der Waals surface area contributed by atoms with Gasteiger partial charge >= 0.3 is 0 Å². The molecule has 0 unspecified atom stereocenters. The highest BCUT2D eigenvalue weighted by atomic mass is 16.2. The zero-order chi connectivity index (χ0) is 21.2. The fourth-order valence-corrected chi connectivity index (χ4v) is 4.00. The Bertz CT molecular complexity index is 805. The van der Waals surface area contributed by atoms with Gasteiger partial charge in [-0.25, -0.2) is 0 Å². The van der Waals surface area contributed by atoms with Crippen LogP contribution in [-0.4, -0.2) is 42.4 Å². The van der Waals surface area contributed by atoms with E-state index in [9.17, 15) is 9.59 Å². The second-order valence-electron chi connectivity index (χ2n) is 7.98. The number of unbranched alkanes of at least 4 members (excludes halogenated alkanes) is 2. The quantitative estimate of drug-likeness (QED) is 0.625. The lowest BCUT2D eigenvalue weighted by Crippen LogP contribution is -2.52. The van der Waals surface area contributed by atoms with Crippen molar-refractivity contribution in [3.8, 4) is 11.1 Å². The van der Waals surface area contributed by atoms with Gasteiger partial charge in [0, 0.05) is 13.1 Å². The highest BCUT2D eigenvalue weighted by Gasteiger charge is 2.31. The van der Waals surface area contributed by atoms with E-state index in [1.54, 1.807) is 4.90 Å². The summed E-state index contributed by atoms with van der Waals surface area (Å²) in [5.74, 6) is 0.0145. The summed E-state index contributed by atoms with van der Waals surface area (Å²) >= 11 is 0. The summed E-state index contributed by atoms with van der Waals surface area (Å²) < 4.78 is 0. The topological polar surface area (TPSA) is 75.4 Å². The Balaban J connectivity index is 1.56. The number of nitrogens with zero attached hydrogens (tertiary/aromatic N) is 1. The van der Waals surface area contributed by atoms with Crippen molar-refractivity contribution in [3.05, 3.63) is 60.2 Å². The van der Waals surface area contributed by atoms with Gasteiger partial charge in [-0.3, -0.25) is 9.59 Å². The molecular weight excluding hydrogens is 374 g/mol. The van der Waals surface area contributed by atoms with Crippen molar-refractivity contribution < 1.29 is 9.59 Å². The van der Waals surface area contributed by atoms with Gasteiger partial charge in [0.2, 0.25) is 11.8 Å². The summed E-state index contributed by atoms with van der Waals surface area (Å²) in [5.41, 5.74) is 8.78. The standard InChI is InChI=1S/C25H33N3O2/c26-16-6-2-7-17-27-25(30)23-11-5-8-18-28(23)24(29)19-20-12-14-22(15-13-20)21-9-3-1-4-10-21/h1,3-4,9-10,12-15,23H,2,5-8,11,16-19,26H2,(H,27,30)/t23-/m1/s1. The molecule has 5 heteroatoms. The van der Waals surface area contributed by atoms with Gasteiger partial charge in [0.25, 0.3) is 0 Å². The normalized spacial score (nSPS) is 16.3. The molecule has 1 aliphatic heterocycles. The Labute approximate surface area is 179 Å². The lowest BCUT2D eigenvalue weighted by molar-refractivity contribution is -0.141. The van der Waals surface area contributed by atoms with Crippen molar-refractivity contribution in [3.63, 3.8) is 0 Å². The molecule has 1 atom stereocenters. The first kappa shape index (κ1) is 22.0. The number of hydrogen-bond donors (Lipinski definition) is 2. The number of rotatable bonds is 9. The van der Waals surface area contributed by atoms with Crippen LogP contribution in [0.25, 0.3) is 11.1 Å². The number of piperidine rings is 1. The van der Waals surface area contributed by atoms with E-state index in [0.717, 1.165) is 55.2 Å². The summed E-state index contributed by atoms with van der Waals surface area (Å²) in [6.07, 6.45) is 5.94. The Hall–Kier alpha value is -2.66. The number of carbonyl (C=O) groups excluding carboxylic acids is 2. The van der Waals surface area contributed by atoms with Crippen molar-refractivity contribution in [1.82, 2.24) is 10.2 Å². The van der Waals surface area contributed by atoms with Crippen molar-refractivity contribution in [1.29, 1.82) is 0 Å². The number of hydrogen-bond acceptors (Lipinski definition) is 3. The van der Waals surface area contributed by atoms with Crippen LogP contribution in [0.15, 0.2) is 54.6 Å². The zero-order valence-electron chi connectivity index (χ0n) is 17.7. The molecule has 2 aromatic rings. The van der Waals surface area contributed by atoms with Gasteiger partial charge in [-0.1, -0.05) is 61.0 Å². The van der Waals surface area contributed by atoms with Crippen LogP contribution in [0.5, 0.6) is 0 Å². The molecule has 1 heterocycles. The third kappa shape index (κ3) is 6.17. The number of likely N-dealkylation sites (tertiary alicyclic amines) is 1. The molecule has 0 spiro atoms. The van der Waals surface area contributed by atoms with Crippen LogP contribution in [0.2, 0.25) is 0 Å². The van der Waals surface area contributed by atoms with Crippen LogP contribution in [0.1, 0.15) is 44.1 Å². The van der Waals surface area contributed by atoms with Crippen LogP contribution in [0.3, 0.4) is 0 Å². The number of benzene rings is 2. The maximum absolute atomic E-state index is 13.0. The third-order valence-corrected chi connectivity index (χ3v) is 5.72. The van der Waals surface area contributed by atoms with Crippen molar-refractivity contribution in [2.45, 2.75) is 51.0 Å². The summed E-state index contributed by atoms with van der Waals surface area (Å²) in [7, 11) is 0. The van der Waals surface area contributed by atoms with Gasteiger partial charge in [-0.15, -0.1) is 0 Å². The fraction of sp³-hybridized carbons (Fsp3) is 0.440. The molecule has 0 radical (unpaired) electrons. The molecule has 160 valence electrons. The van der Waals surface area contributed by atoms with E-state index in [2.05, 4.69) is 29.6 Å². The predicted octanol–water partition coefficient (Wildman–Crippen LogP) is 3.52. The minimum atomic E-state index is -0.343. The van der Waals surface area contributed by atoms with Crippen LogP contribution in [-0.2, 0) is 16.0 Å². The lowest BCUT2D eigenvalue weighted by Gasteiger charge is -2.35. The van der Waals surface area contributed by atoms with Crippen molar-refractivity contribution in [2.24, 2.45) is 5.73 Å². The second kappa shape index (κ2) is 11.5. The van der Waals surface area contributed by atoms with Gasteiger partial charge in [0.1, 0.15) is 6.04 Å². The molecule has 1 fully saturated rings. The Morgan fingerprint density at radius 3 is 2.40 bits per heavy atom. The average Bonchev–Trinajstić information content (AvgIpc) is 2.80. The number of nitrogens with two attached hydrogens (primary N) is 1. The summed E-state index contributed by atoms with van der Waals surface area (Å²) in [5, 5.41) is 3.01. The SMILES string of the molecule is NCCCCCNC(=O)[C@H]1CCCCN1C(=O)Cc1ccc(-c2ccccc2)cc1. The van der Waals surface area contributed by atoms with Crippen LogP contribution >= 0.6 is 0 Å². The highest BCUT2D eigenvalue weighted by Crippen LogP contribution is 2.21. The van der Waals surface area contributed by atoms with E-state index in [4.69, 9.17) is 5.73 Å². The molecule has 2 amide bonds. The van der Waals surface area contributed by atoms with Gasteiger partial charge in [0.15, 0.2) is 0 Å². The van der Waals surface area contributed by atoms with E-state index in [0.29, 0.717) is 26.1 Å². The predicted molar refractivity (Wildman–Crippen MR) is 121 cm³/mol. The largest absolute Gasteiger partial charge is 0.354 e. The molecule has 5 nitrogen and oxygen atoms in total. The maximum Gasteiger partial charge on any atom is 0.242 e. The maximum atomic E-state index is 13.0. The number of nitrogens with one attached hydrogen (secondary N) is 1. The van der Waals surface area contributed by atoms with E-state index in [1.165, 1.54) is 0 Å². The lowest BCUT2D eigenvalue weighted by atomic mass is 9.99. The Morgan fingerprint density at radius 1 is 0.933 bits per heavy atom. The number of amides is 2. The smallest absolute Gasteiger partial charge is 0.242 e. The van der Waals surface area contributed by atoms with E-state index in [1.807, 2.05) is 30.3 Å². The van der Waals surface area contributed by atoms with Crippen LogP contribution < -0.4 is 11.1 Å². The molecule has 0 saturated carbocycles. The van der Waals surface area contributed by atoms with E-state index in [-0.39, 0.29) is 17.9 Å². The number of carbonyl (C=O) groups is 2. The van der Waals surface area contributed by atoms with E-state index < -0.39 is 0 Å². The minimum absolute atomic E-state index is 0.0183. The first-order valence-electron chi connectivity index (χ1n) is 11.1. The molecule has 30 heavy (non-hydrogen) atoms. The third-order valence-electron chi connectivity index (χ3n) is 5.72. The average molecular weight is 408 g/mol. The van der Waals surface area contributed by atoms with Crippen LogP contribution in [0, 0.1) is 0 Å². The van der Waals surface area contributed by atoms with Gasteiger partial charge < -0.3 is 16.0 Å². The molecule has 2 aromatic carbocycles. The molecule has 1 saturated heterocycles. The summed E-state index contributed by atoms with van der Waals surface area (Å²) in [4.78, 5) is 27.4.